The summed E-state index contributed by atoms with van der Waals surface area (Å²) < 4.78 is 15.2. The van der Waals surface area contributed by atoms with Crippen LogP contribution in [0.1, 0.15) is 42.6 Å². The maximum absolute atomic E-state index is 11.6. The summed E-state index contributed by atoms with van der Waals surface area (Å²) in [6.45, 7) is 7.13. The zero-order valence-corrected chi connectivity index (χ0v) is 11.6. The molecular weight excluding hydrogens is 248 g/mol. The molecule has 0 saturated heterocycles. The Hall–Kier alpha value is -2.04. The summed E-state index contributed by atoms with van der Waals surface area (Å²) in [6, 6.07) is 1.62. The van der Waals surface area contributed by atoms with Crippen LogP contribution in [0.4, 0.5) is 0 Å². The third kappa shape index (κ3) is 4.62. The van der Waals surface area contributed by atoms with Crippen molar-refractivity contribution in [2.75, 3.05) is 13.2 Å². The molecule has 0 radical (unpaired) electrons. The molecule has 0 spiro atoms. The van der Waals surface area contributed by atoms with Crippen molar-refractivity contribution in [1.29, 1.82) is 0 Å². The second kappa shape index (κ2) is 6.78. The normalized spacial score (nSPS) is 11.3. The fraction of sp³-hybridized carbons (Fsp3) is 0.429. The first-order valence-electron chi connectivity index (χ1n) is 6.02. The molecule has 0 unspecified atom stereocenters. The van der Waals surface area contributed by atoms with Crippen molar-refractivity contribution in [3.05, 3.63) is 28.7 Å². The van der Waals surface area contributed by atoms with Gasteiger partial charge in [0.1, 0.15) is 23.7 Å². The Kier molecular flexibility index (Phi) is 5.36. The summed E-state index contributed by atoms with van der Waals surface area (Å²) in [7, 11) is 0. The molecule has 0 atom stereocenters. The molecule has 0 aliphatic rings. The third-order valence-corrected chi connectivity index (χ3v) is 2.32. The predicted octanol–water partition coefficient (Wildman–Crippen LogP) is 2.73. The minimum absolute atomic E-state index is 0.198. The highest BCUT2D eigenvalue weighted by Gasteiger charge is 2.15. The average Bonchev–Trinajstić information content (AvgIpc) is 2.68. The molecule has 5 heteroatoms. The summed E-state index contributed by atoms with van der Waals surface area (Å²) in [5, 5.41) is 0. The van der Waals surface area contributed by atoms with Gasteiger partial charge in [-0.25, -0.2) is 4.79 Å². The van der Waals surface area contributed by atoms with E-state index >= 15 is 0 Å². The fourth-order valence-corrected chi connectivity index (χ4v) is 1.49. The van der Waals surface area contributed by atoms with Crippen molar-refractivity contribution < 1.29 is 23.5 Å². The Balaban J connectivity index is 2.80. The molecule has 0 aliphatic carbocycles. The van der Waals surface area contributed by atoms with Crippen LogP contribution in [0.25, 0.3) is 6.08 Å². The molecule has 1 aromatic rings. The van der Waals surface area contributed by atoms with Gasteiger partial charge in [-0.2, -0.15) is 0 Å². The van der Waals surface area contributed by atoms with E-state index in [0.29, 0.717) is 23.7 Å². The number of hydrogen-bond donors (Lipinski definition) is 0. The monoisotopic (exact) mass is 266 g/mol. The van der Waals surface area contributed by atoms with Gasteiger partial charge in [0, 0.05) is 6.92 Å². The average molecular weight is 266 g/mol. The van der Waals surface area contributed by atoms with Gasteiger partial charge in [0.15, 0.2) is 0 Å². The van der Waals surface area contributed by atoms with Crippen molar-refractivity contribution in [2.45, 2.75) is 27.7 Å². The Morgan fingerprint density at radius 2 is 2.00 bits per heavy atom. The molecular formula is C14H18O5. The Labute approximate surface area is 112 Å². The molecule has 0 aromatic carbocycles. The number of esters is 2. The molecule has 0 bridgehead atoms. The predicted molar refractivity (Wildman–Crippen MR) is 69.7 cm³/mol. The molecule has 104 valence electrons. The minimum atomic E-state index is -0.402. The molecule has 1 rings (SSSR count). The van der Waals surface area contributed by atoms with Crippen molar-refractivity contribution in [3.63, 3.8) is 0 Å². The van der Waals surface area contributed by atoms with E-state index in [1.165, 1.54) is 6.92 Å². The second-order valence-electron chi connectivity index (χ2n) is 4.11. The standard InChI is InChI=1S/C14H18O5/c1-5-17-14(16)13-7-12(19-10(13)3)6-9(2)8-18-11(4)15/h6-7H,5,8H2,1-4H3. The summed E-state index contributed by atoms with van der Waals surface area (Å²) in [5.41, 5.74) is 1.23. The first kappa shape index (κ1) is 15.0. The van der Waals surface area contributed by atoms with Crippen molar-refractivity contribution in [1.82, 2.24) is 0 Å². The summed E-state index contributed by atoms with van der Waals surface area (Å²) in [6.07, 6.45) is 1.72. The van der Waals surface area contributed by atoms with Gasteiger partial charge in [-0.15, -0.1) is 0 Å². The second-order valence-corrected chi connectivity index (χ2v) is 4.11. The number of furan rings is 1. The van der Waals surface area contributed by atoms with E-state index in [0.717, 1.165) is 5.57 Å². The number of rotatable bonds is 5. The van der Waals surface area contributed by atoms with Gasteiger partial charge in [0.2, 0.25) is 0 Å². The lowest BCUT2D eigenvalue weighted by Crippen LogP contribution is -2.04. The van der Waals surface area contributed by atoms with Crippen LogP contribution in [0.5, 0.6) is 0 Å². The minimum Gasteiger partial charge on any atom is -0.462 e. The number of aryl methyl sites for hydroxylation is 1. The van der Waals surface area contributed by atoms with E-state index in [-0.39, 0.29) is 12.6 Å². The molecule has 1 heterocycles. The van der Waals surface area contributed by atoms with Crippen LogP contribution in [-0.2, 0) is 14.3 Å². The van der Waals surface area contributed by atoms with E-state index in [4.69, 9.17) is 13.9 Å². The Morgan fingerprint density at radius 3 is 2.58 bits per heavy atom. The molecule has 19 heavy (non-hydrogen) atoms. The Bertz CT molecular complexity index is 496. The molecule has 0 aliphatic heterocycles. The van der Waals surface area contributed by atoms with Crippen LogP contribution in [0.15, 0.2) is 16.1 Å². The van der Waals surface area contributed by atoms with Crippen LogP contribution in [0.3, 0.4) is 0 Å². The Morgan fingerprint density at radius 1 is 1.32 bits per heavy atom. The van der Waals surface area contributed by atoms with Gasteiger partial charge in [0.05, 0.1) is 6.61 Å². The molecule has 0 fully saturated rings. The topological polar surface area (TPSA) is 65.7 Å². The zero-order chi connectivity index (χ0) is 14.4. The van der Waals surface area contributed by atoms with E-state index in [1.54, 1.807) is 26.0 Å². The largest absolute Gasteiger partial charge is 0.462 e. The fourth-order valence-electron chi connectivity index (χ4n) is 1.49. The van der Waals surface area contributed by atoms with Crippen molar-refractivity contribution >= 4 is 18.0 Å². The van der Waals surface area contributed by atoms with Crippen LogP contribution in [0.2, 0.25) is 0 Å². The highest BCUT2D eigenvalue weighted by Crippen LogP contribution is 2.18. The van der Waals surface area contributed by atoms with E-state index in [2.05, 4.69) is 0 Å². The lowest BCUT2D eigenvalue weighted by molar-refractivity contribution is -0.139. The number of carbonyl (C=O) groups is 2. The maximum atomic E-state index is 11.6. The lowest BCUT2D eigenvalue weighted by atomic mass is 10.2. The molecule has 1 aromatic heterocycles. The maximum Gasteiger partial charge on any atom is 0.341 e. The first-order chi connectivity index (χ1) is 8.93. The van der Waals surface area contributed by atoms with Gasteiger partial charge >= 0.3 is 11.9 Å². The first-order valence-corrected chi connectivity index (χ1v) is 6.02. The van der Waals surface area contributed by atoms with Crippen LogP contribution in [0, 0.1) is 6.92 Å². The van der Waals surface area contributed by atoms with E-state index < -0.39 is 5.97 Å². The van der Waals surface area contributed by atoms with Crippen LogP contribution >= 0.6 is 0 Å². The summed E-state index contributed by atoms with van der Waals surface area (Å²) in [5.74, 6) is 0.298. The summed E-state index contributed by atoms with van der Waals surface area (Å²) in [4.78, 5) is 22.3. The molecule has 0 amide bonds. The lowest BCUT2D eigenvalue weighted by Gasteiger charge is -2.00. The number of ether oxygens (including phenoxy) is 2. The smallest absolute Gasteiger partial charge is 0.341 e. The number of carbonyl (C=O) groups excluding carboxylic acids is 2. The van der Waals surface area contributed by atoms with Gasteiger partial charge < -0.3 is 13.9 Å². The molecule has 0 saturated carbocycles. The van der Waals surface area contributed by atoms with Crippen LogP contribution < -0.4 is 0 Å². The van der Waals surface area contributed by atoms with Crippen molar-refractivity contribution in [2.24, 2.45) is 0 Å². The molecule has 0 N–H and O–H groups in total. The van der Waals surface area contributed by atoms with Gasteiger partial charge in [-0.3, -0.25) is 4.79 Å². The van der Waals surface area contributed by atoms with Gasteiger partial charge in [-0.05, 0) is 38.5 Å². The quantitative estimate of drug-likeness (QED) is 0.767. The van der Waals surface area contributed by atoms with Crippen molar-refractivity contribution in [3.8, 4) is 0 Å². The number of hydrogen-bond acceptors (Lipinski definition) is 5. The summed E-state index contributed by atoms with van der Waals surface area (Å²) >= 11 is 0. The SMILES string of the molecule is CCOC(=O)c1cc(C=C(C)COC(C)=O)oc1C. The van der Waals surface area contributed by atoms with E-state index in [9.17, 15) is 9.59 Å². The highest BCUT2D eigenvalue weighted by atomic mass is 16.5. The van der Waals surface area contributed by atoms with Gasteiger partial charge in [-0.1, -0.05) is 0 Å². The van der Waals surface area contributed by atoms with Crippen LogP contribution in [-0.4, -0.2) is 25.2 Å². The third-order valence-electron chi connectivity index (χ3n) is 2.32. The van der Waals surface area contributed by atoms with E-state index in [1.807, 2.05) is 6.92 Å². The highest BCUT2D eigenvalue weighted by molar-refractivity contribution is 5.91. The zero-order valence-electron chi connectivity index (χ0n) is 11.6. The van der Waals surface area contributed by atoms with Gasteiger partial charge in [0.25, 0.3) is 0 Å². The molecule has 5 nitrogen and oxygen atoms in total.